The van der Waals surface area contributed by atoms with E-state index in [-0.39, 0.29) is 30.0 Å². The lowest BCUT2D eigenvalue weighted by Crippen LogP contribution is -2.39. The van der Waals surface area contributed by atoms with Crippen molar-refractivity contribution in [2.24, 2.45) is 10.8 Å². The van der Waals surface area contributed by atoms with Crippen LogP contribution in [0.3, 0.4) is 0 Å². The number of likely N-dealkylation sites (N-methyl/N-ethyl adjacent to an activating group) is 1. The molecule has 8 nitrogen and oxygen atoms in total. The van der Waals surface area contributed by atoms with Crippen LogP contribution in [0.15, 0.2) is 28.1 Å². The number of amides is 1. The number of anilines is 1. The molecule has 0 spiro atoms. The summed E-state index contributed by atoms with van der Waals surface area (Å²) in [5, 5.41) is 9.32. The molecule has 1 unspecified atom stereocenters. The molecule has 1 aromatic carbocycles. The first kappa shape index (κ1) is 25.0. The summed E-state index contributed by atoms with van der Waals surface area (Å²) in [7, 11) is 4.08. The van der Waals surface area contributed by atoms with Gasteiger partial charge in [0.2, 0.25) is 0 Å². The van der Waals surface area contributed by atoms with Gasteiger partial charge >= 0.3 is 0 Å². The molecule has 1 aliphatic heterocycles. The molecule has 4 N–H and O–H groups in total. The summed E-state index contributed by atoms with van der Waals surface area (Å²) in [6.45, 7) is 6.73. The molecule has 1 aliphatic carbocycles. The Morgan fingerprint density at radius 2 is 1.91 bits per heavy atom. The van der Waals surface area contributed by atoms with Crippen LogP contribution in [0.2, 0.25) is 0 Å². The van der Waals surface area contributed by atoms with Crippen LogP contribution in [0.4, 0.5) is 5.69 Å². The predicted octanol–water partition coefficient (Wildman–Crippen LogP) is 2.95. The molecule has 1 fully saturated rings. The van der Waals surface area contributed by atoms with Crippen LogP contribution in [-0.2, 0) is 6.54 Å². The van der Waals surface area contributed by atoms with Crippen molar-refractivity contribution in [1.29, 1.82) is 0 Å². The smallest absolute Gasteiger partial charge is 0.253 e. The Bertz CT molecular complexity index is 1180. The summed E-state index contributed by atoms with van der Waals surface area (Å²) in [6, 6.07) is 6.81. The second kappa shape index (κ2) is 10.2. The average molecular weight is 479 g/mol. The van der Waals surface area contributed by atoms with Crippen LogP contribution >= 0.6 is 0 Å². The number of carbonyl (C=O) groups excluding carboxylic acids is 1. The number of nitrogens with one attached hydrogen (secondary N) is 2. The molecule has 0 bridgehead atoms. The first-order valence-electron chi connectivity index (χ1n) is 12.5. The van der Waals surface area contributed by atoms with Gasteiger partial charge in [0.25, 0.3) is 11.5 Å². The number of carbonyl (C=O) groups is 1. The number of hydrogen-bond donors (Lipinski definition) is 3. The number of aromatic nitrogens is 1. The molecule has 4 rings (SSSR count). The van der Waals surface area contributed by atoms with E-state index in [2.05, 4.69) is 33.4 Å². The highest BCUT2D eigenvalue weighted by molar-refractivity contribution is 5.97. The Morgan fingerprint density at radius 3 is 2.54 bits per heavy atom. The van der Waals surface area contributed by atoms with Crippen molar-refractivity contribution in [3.63, 3.8) is 0 Å². The van der Waals surface area contributed by atoms with E-state index in [1.807, 2.05) is 51.2 Å². The van der Waals surface area contributed by atoms with Crippen molar-refractivity contribution in [2.45, 2.75) is 71.0 Å². The fraction of sp³-hybridized carbons (Fsp3) is 0.519. The van der Waals surface area contributed by atoms with Crippen LogP contribution in [0.25, 0.3) is 0 Å². The summed E-state index contributed by atoms with van der Waals surface area (Å²) in [4.78, 5) is 31.0. The maximum absolute atomic E-state index is 13.5. The number of pyridine rings is 1. The Morgan fingerprint density at radius 1 is 1.20 bits per heavy atom. The highest BCUT2D eigenvalue weighted by atomic mass is 16.1. The van der Waals surface area contributed by atoms with Crippen LogP contribution < -0.4 is 21.5 Å². The average Bonchev–Trinajstić information content (AvgIpc) is 3.24. The van der Waals surface area contributed by atoms with Gasteiger partial charge in [0.05, 0.1) is 0 Å². The molecular weight excluding hydrogens is 440 g/mol. The number of hydrazone groups is 1. The minimum absolute atomic E-state index is 0.126. The van der Waals surface area contributed by atoms with Crippen LogP contribution in [0.5, 0.6) is 0 Å². The highest BCUT2D eigenvalue weighted by Gasteiger charge is 2.27. The van der Waals surface area contributed by atoms with Gasteiger partial charge in [-0.25, -0.2) is 0 Å². The zero-order chi connectivity index (χ0) is 25.3. The fourth-order valence-electron chi connectivity index (χ4n) is 5.35. The van der Waals surface area contributed by atoms with Gasteiger partial charge in [0.1, 0.15) is 0 Å². The van der Waals surface area contributed by atoms with E-state index >= 15 is 0 Å². The molecule has 1 amide bonds. The molecule has 2 heterocycles. The zero-order valence-corrected chi connectivity index (χ0v) is 21.5. The van der Waals surface area contributed by atoms with Crippen molar-refractivity contribution < 1.29 is 4.79 Å². The number of rotatable bonds is 6. The third-order valence-corrected chi connectivity index (χ3v) is 7.57. The van der Waals surface area contributed by atoms with Crippen LogP contribution in [0, 0.1) is 20.8 Å². The largest absolute Gasteiger partial charge is 0.371 e. The summed E-state index contributed by atoms with van der Waals surface area (Å²) in [6.07, 6.45) is 6.08. The maximum Gasteiger partial charge on any atom is 0.253 e. The zero-order valence-electron chi connectivity index (χ0n) is 21.5. The number of H-pyrrole nitrogens is 1. The van der Waals surface area contributed by atoms with Gasteiger partial charge in [0.15, 0.2) is 0 Å². The van der Waals surface area contributed by atoms with E-state index in [1.54, 1.807) is 0 Å². The SMILES string of the molecule is Cc1cc(C)c(CNC(=O)c2cc(C3C=NN(C)C3)cc(N(C)[C@H]3CC[C@H](N)CC3)c2C)c(=O)[nH]1. The molecule has 1 saturated carbocycles. The van der Waals surface area contributed by atoms with Gasteiger partial charge in [-0.2, -0.15) is 5.10 Å². The minimum Gasteiger partial charge on any atom is -0.371 e. The molecule has 1 atom stereocenters. The van der Waals surface area contributed by atoms with Crippen molar-refractivity contribution in [3.05, 3.63) is 62.1 Å². The van der Waals surface area contributed by atoms with Crippen molar-refractivity contribution in [3.8, 4) is 0 Å². The topological polar surface area (TPSA) is 107 Å². The van der Waals surface area contributed by atoms with E-state index in [0.717, 1.165) is 60.3 Å². The van der Waals surface area contributed by atoms with Crippen molar-refractivity contribution >= 4 is 17.8 Å². The van der Waals surface area contributed by atoms with E-state index < -0.39 is 0 Å². The molecule has 0 saturated heterocycles. The molecule has 1 aromatic heterocycles. The van der Waals surface area contributed by atoms with Crippen molar-refractivity contribution in [2.75, 3.05) is 25.5 Å². The van der Waals surface area contributed by atoms with Gasteiger partial charge in [-0.3, -0.25) is 14.6 Å². The minimum atomic E-state index is -0.174. The number of aromatic amines is 1. The first-order valence-corrected chi connectivity index (χ1v) is 12.5. The summed E-state index contributed by atoms with van der Waals surface area (Å²) in [5.74, 6) is -0.0476. The maximum atomic E-state index is 13.5. The second-order valence-corrected chi connectivity index (χ2v) is 10.2. The number of nitrogens with zero attached hydrogens (tertiary/aromatic N) is 3. The quantitative estimate of drug-likeness (QED) is 0.592. The Labute approximate surface area is 207 Å². The molecule has 2 aromatic rings. The van der Waals surface area contributed by atoms with Crippen LogP contribution in [0.1, 0.15) is 69.9 Å². The third-order valence-electron chi connectivity index (χ3n) is 7.57. The molecule has 35 heavy (non-hydrogen) atoms. The van der Waals surface area contributed by atoms with Gasteiger partial charge in [-0.05, 0) is 81.3 Å². The summed E-state index contributed by atoms with van der Waals surface area (Å²) in [5.41, 5.74) is 12.0. The summed E-state index contributed by atoms with van der Waals surface area (Å²) < 4.78 is 0. The normalized spacial score (nSPS) is 21.9. The lowest BCUT2D eigenvalue weighted by atomic mass is 9.89. The van der Waals surface area contributed by atoms with Crippen LogP contribution in [-0.4, -0.2) is 54.8 Å². The second-order valence-electron chi connectivity index (χ2n) is 10.2. The monoisotopic (exact) mass is 478 g/mol. The summed E-state index contributed by atoms with van der Waals surface area (Å²) >= 11 is 0. The lowest BCUT2D eigenvalue weighted by molar-refractivity contribution is 0.0950. The fourth-order valence-corrected chi connectivity index (χ4v) is 5.35. The molecule has 188 valence electrons. The third kappa shape index (κ3) is 5.42. The van der Waals surface area contributed by atoms with Gasteiger partial charge in [-0.1, -0.05) is 0 Å². The number of aryl methyl sites for hydroxylation is 2. The Hall–Kier alpha value is -3.13. The highest BCUT2D eigenvalue weighted by Crippen LogP contribution is 2.33. The number of hydrogen-bond acceptors (Lipinski definition) is 6. The Balaban J connectivity index is 1.64. The lowest BCUT2D eigenvalue weighted by Gasteiger charge is -2.36. The molecule has 0 radical (unpaired) electrons. The van der Waals surface area contributed by atoms with Gasteiger partial charge in [-0.15, -0.1) is 0 Å². The van der Waals surface area contributed by atoms with Gasteiger partial charge < -0.3 is 20.9 Å². The molecular formula is C27H38N6O2. The molecule has 8 heteroatoms. The standard InChI is InChI=1S/C27H38N6O2/c1-16-10-17(2)31-27(35)24(16)14-29-26(34)23-11-19(20-13-30-32(4)15-20)12-25(18(23)3)33(5)22-8-6-21(28)7-9-22/h10-13,20-22H,6-9,14-15,28H2,1-5H3,(H,29,34)(H,31,35)/t20?,21-,22-. The predicted molar refractivity (Wildman–Crippen MR) is 141 cm³/mol. The first-order chi connectivity index (χ1) is 16.6. The molecule has 2 aliphatic rings. The van der Waals surface area contributed by atoms with Crippen molar-refractivity contribution in [1.82, 2.24) is 15.3 Å². The number of nitrogens with two attached hydrogens (primary N) is 1. The Kier molecular flexibility index (Phi) is 7.31. The van der Waals surface area contributed by atoms with E-state index in [0.29, 0.717) is 17.2 Å². The van der Waals surface area contributed by atoms with Gasteiger partial charge in [0, 0.05) is 73.9 Å². The van der Waals surface area contributed by atoms with E-state index in [1.165, 1.54) is 0 Å². The van der Waals surface area contributed by atoms with E-state index in [4.69, 9.17) is 5.73 Å². The number of benzene rings is 1. The van der Waals surface area contributed by atoms with E-state index in [9.17, 15) is 9.59 Å².